The normalized spacial score (nSPS) is 12.6. The van der Waals surface area contributed by atoms with E-state index in [1.807, 2.05) is 62.3 Å². The fourth-order valence-electron chi connectivity index (χ4n) is 7.25. The maximum atomic E-state index is 11.7. The highest BCUT2D eigenvalue weighted by Gasteiger charge is 2.25. The van der Waals surface area contributed by atoms with Gasteiger partial charge < -0.3 is 147 Å². The Hall–Kier alpha value is -9.84. The molecule has 0 saturated heterocycles. The van der Waals surface area contributed by atoms with Crippen molar-refractivity contribution in [1.82, 2.24) is 73.3 Å². The topological polar surface area (TPSA) is 642 Å². The molecule has 43 nitrogen and oxygen atoms in total. The smallest absolute Gasteiger partial charge is 0.273 e. The number of aromatic nitrogens is 7. The molecule has 0 bridgehead atoms. The summed E-state index contributed by atoms with van der Waals surface area (Å²) in [7, 11) is 12.3. The van der Waals surface area contributed by atoms with Crippen LogP contribution >= 0.6 is 0 Å². The van der Waals surface area contributed by atoms with Crippen molar-refractivity contribution in [3.63, 3.8) is 0 Å². The maximum Gasteiger partial charge on any atom is 0.273 e. The largest absolute Gasteiger partial charge is 0.377 e. The summed E-state index contributed by atoms with van der Waals surface area (Å²) in [4.78, 5) is 81.2. The number of methoxy groups -OCH3 is 8. The number of nitrogens with zero attached hydrogens (tertiary/aromatic N) is 7. The van der Waals surface area contributed by atoms with Crippen LogP contribution in [-0.4, -0.2) is 221 Å². The van der Waals surface area contributed by atoms with E-state index in [9.17, 15) is 33.6 Å². The van der Waals surface area contributed by atoms with Crippen molar-refractivity contribution < 1.29 is 103 Å². The van der Waals surface area contributed by atoms with Crippen LogP contribution < -0.4 is 77.4 Å². The Morgan fingerprint density at radius 2 is 0.670 bits per heavy atom. The molecule has 0 radical (unpaired) electrons. The molecule has 7 aromatic heterocycles. The van der Waals surface area contributed by atoms with E-state index in [-0.39, 0.29) is 124 Å². The Morgan fingerprint density at radius 1 is 0.393 bits per heavy atom. The van der Waals surface area contributed by atoms with Crippen molar-refractivity contribution in [2.75, 3.05) is 103 Å². The molecule has 630 valence electrons. The van der Waals surface area contributed by atoms with Crippen LogP contribution in [0.25, 0.3) is 0 Å². The molecule has 21 N–H and O–H groups in total. The number of carbonyl (C=O) groups excluding carboxylic acids is 7. The zero-order chi connectivity index (χ0) is 84.8. The average molecular weight is 1590 g/mol. The monoisotopic (exact) mass is 1590 g/mol. The molecule has 0 fully saturated rings. The summed E-state index contributed by atoms with van der Waals surface area (Å²) in [6, 6.07) is 10.4. The Morgan fingerprint density at radius 3 is 0.929 bits per heavy atom. The summed E-state index contributed by atoms with van der Waals surface area (Å²) < 4.78 is 73.2. The van der Waals surface area contributed by atoms with Gasteiger partial charge >= 0.3 is 0 Å². The number of nitrogens with one attached hydrogen (secondary N) is 7. The number of nitrogens with two attached hydrogens (primary N) is 7. The predicted molar refractivity (Wildman–Crippen MR) is 401 cm³/mol. The van der Waals surface area contributed by atoms with Crippen LogP contribution in [0.4, 0.5) is 0 Å². The van der Waals surface area contributed by atoms with Gasteiger partial charge in [0.25, 0.3) is 41.4 Å². The summed E-state index contributed by atoms with van der Waals surface area (Å²) in [5, 5.41) is 44.2. The van der Waals surface area contributed by atoms with Crippen LogP contribution in [0.2, 0.25) is 0 Å². The molecule has 7 aromatic rings. The first-order valence-corrected chi connectivity index (χ1v) is 34.6. The van der Waals surface area contributed by atoms with E-state index in [2.05, 4.69) is 73.3 Å². The minimum absolute atomic E-state index is 0.0833. The number of ether oxygens (including phenoxy) is 8. The molecular weight excluding hydrogens is 1470 g/mol. The highest BCUT2D eigenvalue weighted by molar-refractivity contribution is 5.95. The van der Waals surface area contributed by atoms with E-state index in [1.54, 1.807) is 92.9 Å². The highest BCUT2D eigenvalue weighted by atomic mass is 16.5. The molecular formula is C69H117N21O22. The Labute approximate surface area is 649 Å². The third kappa shape index (κ3) is 42.0. The third-order valence-corrected chi connectivity index (χ3v) is 14.0. The van der Waals surface area contributed by atoms with Gasteiger partial charge in [0.15, 0.2) is 80.2 Å². The van der Waals surface area contributed by atoms with E-state index >= 15 is 0 Å². The summed E-state index contributed by atoms with van der Waals surface area (Å²) in [6.45, 7) is 24.9. The summed E-state index contributed by atoms with van der Waals surface area (Å²) >= 11 is 0. The first-order chi connectivity index (χ1) is 52.7. The van der Waals surface area contributed by atoms with Crippen LogP contribution in [0.5, 0.6) is 0 Å². The van der Waals surface area contributed by atoms with Gasteiger partial charge in [-0.2, -0.15) is 0 Å². The van der Waals surface area contributed by atoms with E-state index < -0.39 is 16.8 Å². The molecule has 0 aromatic carbocycles. The fourth-order valence-corrected chi connectivity index (χ4v) is 7.25. The number of hydrogen-bond acceptors (Lipinski definition) is 36. The second kappa shape index (κ2) is 52.4. The summed E-state index contributed by atoms with van der Waals surface area (Å²) in [5.74, 6) is 1.46. The van der Waals surface area contributed by atoms with E-state index in [0.717, 1.165) is 0 Å². The zero-order valence-electron chi connectivity index (χ0n) is 67.4. The molecule has 0 saturated carbocycles. The van der Waals surface area contributed by atoms with Gasteiger partial charge in [0.05, 0.1) is 6.54 Å². The lowest BCUT2D eigenvalue weighted by molar-refractivity contribution is 0.0124. The lowest BCUT2D eigenvalue weighted by Crippen LogP contribution is -2.49. The van der Waals surface area contributed by atoms with E-state index in [0.29, 0.717) is 119 Å². The Bertz CT molecular complexity index is 3740. The number of carbonyl (C=O) groups is 7. The molecule has 7 heterocycles. The van der Waals surface area contributed by atoms with Crippen LogP contribution in [0, 0.1) is 5.41 Å². The summed E-state index contributed by atoms with van der Waals surface area (Å²) in [6.07, 6.45) is 0. The Balaban J connectivity index is 0.000000654. The van der Waals surface area contributed by atoms with Crippen LogP contribution in [-0.2, 0) is 84.1 Å². The van der Waals surface area contributed by atoms with Gasteiger partial charge in [-0.15, -0.1) is 0 Å². The number of rotatable bonds is 37. The SMILES string of the molecule is COCc1cc(C(=O)NC(C)(C)CN)no1.COCc1cc(C(=O)NC(C)C(C)N)no1.COCc1cc(C(=O)NC(C)CN)no1.COCc1cc(C(=O)NCC(C)(C)CN)no1.COCc1cc(C(=O)NCC(C)(C)N)no1.COCc1cc(C(=O)NCC(C)(N)OC)no1.COCc1cc(C(=O)NCC(C)N)no1. The molecule has 7 rings (SSSR count). The van der Waals surface area contributed by atoms with Crippen LogP contribution in [0.15, 0.2) is 74.1 Å². The zero-order valence-corrected chi connectivity index (χ0v) is 67.4. The van der Waals surface area contributed by atoms with E-state index in [4.69, 9.17) is 110 Å². The van der Waals surface area contributed by atoms with Crippen molar-refractivity contribution in [3.8, 4) is 0 Å². The van der Waals surface area contributed by atoms with Gasteiger partial charge in [-0.25, -0.2) is 0 Å². The van der Waals surface area contributed by atoms with Gasteiger partial charge in [-0.05, 0) is 74.3 Å². The van der Waals surface area contributed by atoms with Crippen molar-refractivity contribution >= 4 is 41.4 Å². The van der Waals surface area contributed by atoms with Crippen molar-refractivity contribution in [2.24, 2.45) is 45.6 Å². The van der Waals surface area contributed by atoms with Crippen molar-refractivity contribution in [3.05, 3.63) is 123 Å². The Kier molecular flexibility index (Phi) is 46.9. The number of amides is 7. The minimum Gasteiger partial charge on any atom is -0.377 e. The standard InChI is InChI=1S/C11H19N3O3.C10H17N3O4.3C10H17N3O3.2C9H15N3O3/c1-11(2,6-12)7-13-10(15)9-4-8(5-16-3)17-14-9;1-10(11,16-3)6-12-9(14)8-4-7(5-15-2)17-13-8;1-10(2,11)6-12-9(14)8-4-7(5-15-3)16-13-8;1-10(2,6-11)12-9(14)8-4-7(5-15-3)16-13-8;1-6(11)7(2)12-10(14)9-4-8(5-15-3)16-13-9;1-6(10)4-11-9(13)8-3-7(5-14-2)15-12-8;1-6(4-10)11-9(13)8-3-7(5-14-2)15-12-8/h4H,5-7,12H2,1-3H3,(H,13,15);4H,5-6,11H2,1-3H3,(H,12,14);2*4H,5-6,11H2,1-3H3,(H,12,14);4,6-7H,5,11H2,1-3H3,(H,12,14);2*3,6H,4-5,10H2,1-2H3,(H,11,13). The molecule has 5 unspecified atom stereocenters. The second-order valence-electron chi connectivity index (χ2n) is 27.2. The van der Waals surface area contributed by atoms with Crippen molar-refractivity contribution in [2.45, 2.75) is 163 Å². The van der Waals surface area contributed by atoms with Gasteiger partial charge in [0.1, 0.15) is 52.0 Å². The molecule has 112 heavy (non-hydrogen) atoms. The molecule has 0 aliphatic rings. The van der Waals surface area contributed by atoms with Gasteiger partial charge in [0, 0.05) is 167 Å². The molecule has 7 amide bonds. The highest BCUT2D eigenvalue weighted by Crippen LogP contribution is 2.14. The van der Waals surface area contributed by atoms with Crippen molar-refractivity contribution in [1.29, 1.82) is 0 Å². The lowest BCUT2D eigenvalue weighted by atomic mass is 9.94. The first-order valence-electron chi connectivity index (χ1n) is 34.6. The molecule has 0 aliphatic heterocycles. The maximum absolute atomic E-state index is 11.7. The third-order valence-electron chi connectivity index (χ3n) is 14.0. The summed E-state index contributed by atoms with van der Waals surface area (Å²) in [5.41, 5.74) is 38.7. The minimum atomic E-state index is -0.908. The lowest BCUT2D eigenvalue weighted by Gasteiger charge is -2.23. The molecule has 0 aliphatic carbocycles. The predicted octanol–water partition coefficient (Wildman–Crippen LogP) is 1.07. The second-order valence-corrected chi connectivity index (χ2v) is 27.2. The molecule has 43 heteroatoms. The fraction of sp³-hybridized carbons (Fsp3) is 0.594. The number of hydrogen-bond donors (Lipinski definition) is 14. The van der Waals surface area contributed by atoms with Gasteiger partial charge in [0.2, 0.25) is 0 Å². The van der Waals surface area contributed by atoms with Gasteiger partial charge in [-0.1, -0.05) is 49.9 Å². The first kappa shape index (κ1) is 100. The van der Waals surface area contributed by atoms with Gasteiger partial charge in [-0.3, -0.25) is 33.6 Å². The van der Waals surface area contributed by atoms with Crippen LogP contribution in [0.3, 0.4) is 0 Å². The van der Waals surface area contributed by atoms with E-state index in [1.165, 1.54) is 20.3 Å². The quantitative estimate of drug-likeness (QED) is 0.0242. The average Bonchev–Trinajstić information content (AvgIpc) is 1.66. The van der Waals surface area contributed by atoms with Crippen LogP contribution in [0.1, 0.15) is 190 Å². The molecule has 5 atom stereocenters. The molecule has 0 spiro atoms.